The summed E-state index contributed by atoms with van der Waals surface area (Å²) in [5.74, 6) is 1.70. The molecule has 2 aromatic rings. The number of aromatic nitrogens is 2. The molecule has 1 N–H and O–H groups in total. The predicted molar refractivity (Wildman–Crippen MR) is 99.3 cm³/mol. The smallest absolute Gasteiger partial charge is 0.227 e. The predicted octanol–water partition coefficient (Wildman–Crippen LogP) is 3.81. The number of nitrogens with zero attached hydrogens (tertiary/aromatic N) is 4. The van der Waals surface area contributed by atoms with Gasteiger partial charge in [0.2, 0.25) is 5.95 Å². The number of hydrogen-bond donors (Lipinski definition) is 1. The van der Waals surface area contributed by atoms with E-state index in [4.69, 9.17) is 0 Å². The van der Waals surface area contributed by atoms with E-state index in [1.54, 1.807) is 0 Å². The van der Waals surface area contributed by atoms with Gasteiger partial charge in [-0.15, -0.1) is 0 Å². The SMILES string of the molecule is c1cc(Nc2ccc(N3CCCC3)cc2)nc(N2CCCCC2)n1. The standard InChI is InChI=1S/C19H25N5/c1-2-14-24(15-3-1)19-20-11-10-18(22-19)21-16-6-8-17(9-7-16)23-12-4-5-13-23/h6-11H,1-5,12-15H2,(H,20,21,22). The van der Waals surface area contributed by atoms with Crippen molar-refractivity contribution in [3.05, 3.63) is 36.5 Å². The lowest BCUT2D eigenvalue weighted by Crippen LogP contribution is -2.31. The van der Waals surface area contributed by atoms with E-state index in [1.807, 2.05) is 12.3 Å². The minimum absolute atomic E-state index is 0.841. The van der Waals surface area contributed by atoms with Crippen LogP contribution < -0.4 is 15.1 Å². The van der Waals surface area contributed by atoms with Crippen LogP contribution in [0.1, 0.15) is 32.1 Å². The first kappa shape index (κ1) is 15.2. The summed E-state index contributed by atoms with van der Waals surface area (Å²) >= 11 is 0. The minimum atomic E-state index is 0.841. The Kier molecular flexibility index (Phi) is 4.49. The normalized spacial score (nSPS) is 18.0. The van der Waals surface area contributed by atoms with Crippen LogP contribution in [0.25, 0.3) is 0 Å². The molecule has 0 unspecified atom stereocenters. The first-order chi connectivity index (χ1) is 11.9. The minimum Gasteiger partial charge on any atom is -0.372 e. The van der Waals surface area contributed by atoms with E-state index in [0.29, 0.717) is 0 Å². The maximum atomic E-state index is 4.68. The van der Waals surface area contributed by atoms with E-state index < -0.39 is 0 Å². The van der Waals surface area contributed by atoms with Crippen LogP contribution in [0.4, 0.5) is 23.1 Å². The average Bonchev–Trinajstić information content (AvgIpc) is 3.18. The van der Waals surface area contributed by atoms with Gasteiger partial charge in [-0.3, -0.25) is 0 Å². The van der Waals surface area contributed by atoms with Gasteiger partial charge in [-0.05, 0) is 62.4 Å². The molecule has 126 valence electrons. The Morgan fingerprint density at radius 1 is 0.750 bits per heavy atom. The molecule has 0 atom stereocenters. The number of nitrogens with one attached hydrogen (secondary N) is 1. The molecule has 5 nitrogen and oxygen atoms in total. The first-order valence-electron chi connectivity index (χ1n) is 9.08. The summed E-state index contributed by atoms with van der Waals surface area (Å²) in [5, 5.41) is 3.40. The highest BCUT2D eigenvalue weighted by atomic mass is 15.3. The molecule has 1 aromatic heterocycles. The second kappa shape index (κ2) is 7.07. The van der Waals surface area contributed by atoms with Gasteiger partial charge in [0.15, 0.2) is 0 Å². The molecule has 0 bridgehead atoms. The monoisotopic (exact) mass is 323 g/mol. The van der Waals surface area contributed by atoms with E-state index in [-0.39, 0.29) is 0 Å². The molecule has 5 heteroatoms. The summed E-state index contributed by atoms with van der Waals surface area (Å²) in [4.78, 5) is 13.9. The Hall–Kier alpha value is -2.30. The largest absolute Gasteiger partial charge is 0.372 e. The van der Waals surface area contributed by atoms with Gasteiger partial charge in [-0.1, -0.05) is 0 Å². The molecule has 2 fully saturated rings. The van der Waals surface area contributed by atoms with Crippen molar-refractivity contribution in [3.8, 4) is 0 Å². The van der Waals surface area contributed by atoms with Crippen molar-refractivity contribution in [2.45, 2.75) is 32.1 Å². The molecule has 0 aliphatic carbocycles. The van der Waals surface area contributed by atoms with Crippen molar-refractivity contribution in [2.75, 3.05) is 41.3 Å². The lowest BCUT2D eigenvalue weighted by atomic mass is 10.1. The van der Waals surface area contributed by atoms with E-state index in [0.717, 1.165) is 30.5 Å². The average molecular weight is 323 g/mol. The maximum Gasteiger partial charge on any atom is 0.227 e. The van der Waals surface area contributed by atoms with Crippen LogP contribution >= 0.6 is 0 Å². The molecule has 2 saturated heterocycles. The quantitative estimate of drug-likeness (QED) is 0.927. The first-order valence-corrected chi connectivity index (χ1v) is 9.08. The van der Waals surface area contributed by atoms with Gasteiger partial charge in [0, 0.05) is 43.8 Å². The van der Waals surface area contributed by atoms with Gasteiger partial charge in [0.25, 0.3) is 0 Å². The molecule has 0 saturated carbocycles. The third-order valence-corrected chi connectivity index (χ3v) is 4.89. The number of piperidine rings is 1. The second-order valence-electron chi connectivity index (χ2n) is 6.66. The third kappa shape index (κ3) is 3.45. The molecule has 0 radical (unpaired) electrons. The van der Waals surface area contributed by atoms with Crippen molar-refractivity contribution in [2.24, 2.45) is 0 Å². The van der Waals surface area contributed by atoms with Gasteiger partial charge in [-0.2, -0.15) is 4.98 Å². The summed E-state index contributed by atoms with van der Waals surface area (Å²) in [7, 11) is 0. The molecule has 0 spiro atoms. The lowest BCUT2D eigenvalue weighted by molar-refractivity contribution is 0.568. The van der Waals surface area contributed by atoms with E-state index in [9.17, 15) is 0 Å². The van der Waals surface area contributed by atoms with Gasteiger partial charge in [-0.25, -0.2) is 4.98 Å². The van der Waals surface area contributed by atoms with Crippen molar-refractivity contribution in [3.63, 3.8) is 0 Å². The molecular weight excluding hydrogens is 298 g/mol. The zero-order chi connectivity index (χ0) is 16.2. The number of benzene rings is 1. The zero-order valence-corrected chi connectivity index (χ0v) is 14.1. The van der Waals surface area contributed by atoms with E-state index in [1.165, 1.54) is 50.9 Å². The summed E-state index contributed by atoms with van der Waals surface area (Å²) in [5.41, 5.74) is 2.39. The second-order valence-corrected chi connectivity index (χ2v) is 6.66. The van der Waals surface area contributed by atoms with Crippen LogP contribution in [-0.2, 0) is 0 Å². The van der Waals surface area contributed by atoms with Crippen molar-refractivity contribution in [1.82, 2.24) is 9.97 Å². The molecule has 2 aliphatic heterocycles. The van der Waals surface area contributed by atoms with Crippen LogP contribution in [0, 0.1) is 0 Å². The summed E-state index contributed by atoms with van der Waals surface area (Å²) in [6.45, 7) is 4.48. The maximum absolute atomic E-state index is 4.68. The van der Waals surface area contributed by atoms with Gasteiger partial charge in [0.1, 0.15) is 5.82 Å². The van der Waals surface area contributed by atoms with Crippen LogP contribution in [0.2, 0.25) is 0 Å². The number of rotatable bonds is 4. The third-order valence-electron chi connectivity index (χ3n) is 4.89. The Morgan fingerprint density at radius 3 is 2.17 bits per heavy atom. The van der Waals surface area contributed by atoms with Gasteiger partial charge < -0.3 is 15.1 Å². The molecule has 3 heterocycles. The zero-order valence-electron chi connectivity index (χ0n) is 14.1. The lowest BCUT2D eigenvalue weighted by Gasteiger charge is -2.26. The molecule has 4 rings (SSSR count). The molecular formula is C19H25N5. The highest BCUT2D eigenvalue weighted by molar-refractivity contribution is 5.61. The number of anilines is 4. The number of hydrogen-bond acceptors (Lipinski definition) is 5. The van der Waals surface area contributed by atoms with Crippen LogP contribution in [-0.4, -0.2) is 36.1 Å². The Labute approximate surface area is 143 Å². The summed E-state index contributed by atoms with van der Waals surface area (Å²) < 4.78 is 0. The van der Waals surface area contributed by atoms with Gasteiger partial charge >= 0.3 is 0 Å². The van der Waals surface area contributed by atoms with E-state index in [2.05, 4.69) is 49.4 Å². The fraction of sp³-hybridized carbons (Fsp3) is 0.474. The fourth-order valence-corrected chi connectivity index (χ4v) is 3.54. The van der Waals surface area contributed by atoms with Crippen molar-refractivity contribution >= 4 is 23.1 Å². The Balaban J connectivity index is 1.44. The molecule has 2 aliphatic rings. The van der Waals surface area contributed by atoms with Crippen LogP contribution in [0.3, 0.4) is 0 Å². The highest BCUT2D eigenvalue weighted by Crippen LogP contribution is 2.24. The topological polar surface area (TPSA) is 44.3 Å². The molecule has 1 aromatic carbocycles. The van der Waals surface area contributed by atoms with Crippen molar-refractivity contribution < 1.29 is 0 Å². The van der Waals surface area contributed by atoms with Crippen molar-refractivity contribution in [1.29, 1.82) is 0 Å². The Bertz CT molecular complexity index is 658. The van der Waals surface area contributed by atoms with Gasteiger partial charge in [0.05, 0.1) is 0 Å². The summed E-state index contributed by atoms with van der Waals surface area (Å²) in [6, 6.07) is 10.6. The van der Waals surface area contributed by atoms with Crippen LogP contribution in [0.15, 0.2) is 36.5 Å². The molecule has 0 amide bonds. The summed E-state index contributed by atoms with van der Waals surface area (Å²) in [6.07, 6.45) is 8.24. The van der Waals surface area contributed by atoms with E-state index >= 15 is 0 Å². The highest BCUT2D eigenvalue weighted by Gasteiger charge is 2.14. The fourth-order valence-electron chi connectivity index (χ4n) is 3.54. The molecule has 24 heavy (non-hydrogen) atoms. The Morgan fingerprint density at radius 2 is 1.42 bits per heavy atom. The van der Waals surface area contributed by atoms with Crippen LogP contribution in [0.5, 0.6) is 0 Å².